The van der Waals surface area contributed by atoms with Gasteiger partial charge < -0.3 is 10.2 Å². The maximum atomic E-state index is 12.9. The third-order valence-corrected chi connectivity index (χ3v) is 6.61. The molecule has 2 aromatic rings. The van der Waals surface area contributed by atoms with Crippen LogP contribution < -0.4 is 5.32 Å². The molecular formula is C19H22N4O2S. The van der Waals surface area contributed by atoms with Crippen molar-refractivity contribution in [3.8, 4) is 5.69 Å². The zero-order chi connectivity index (χ0) is 18.5. The van der Waals surface area contributed by atoms with Crippen molar-refractivity contribution in [3.05, 3.63) is 41.6 Å². The smallest absolute Gasteiger partial charge is 0.249 e. The summed E-state index contributed by atoms with van der Waals surface area (Å²) in [7, 11) is 0. The van der Waals surface area contributed by atoms with E-state index in [1.807, 2.05) is 44.2 Å². The molecule has 136 valence electrons. The summed E-state index contributed by atoms with van der Waals surface area (Å²) >= 11 is 1.70. The van der Waals surface area contributed by atoms with Crippen molar-refractivity contribution in [2.45, 2.75) is 44.5 Å². The normalized spacial score (nSPS) is 24.8. The molecule has 2 aliphatic rings. The van der Waals surface area contributed by atoms with Crippen molar-refractivity contribution < 1.29 is 9.59 Å². The maximum Gasteiger partial charge on any atom is 0.249 e. The summed E-state index contributed by atoms with van der Waals surface area (Å²) in [6, 6.07) is 9.40. The van der Waals surface area contributed by atoms with Gasteiger partial charge in [-0.1, -0.05) is 17.7 Å². The minimum Gasteiger partial charge on any atom is -0.315 e. The molecule has 1 aromatic carbocycles. The van der Waals surface area contributed by atoms with Gasteiger partial charge in [0.1, 0.15) is 11.9 Å². The van der Waals surface area contributed by atoms with Crippen LogP contribution in [0.25, 0.3) is 5.69 Å². The van der Waals surface area contributed by atoms with Crippen LogP contribution in [0.15, 0.2) is 30.3 Å². The molecule has 1 N–H and O–H groups in total. The molecule has 3 heterocycles. The Kier molecular flexibility index (Phi) is 4.06. The second-order valence-corrected chi connectivity index (χ2v) is 8.67. The molecule has 2 fully saturated rings. The number of anilines is 1. The molecule has 4 rings (SSSR count). The second kappa shape index (κ2) is 6.16. The predicted octanol–water partition coefficient (Wildman–Crippen LogP) is 2.88. The Labute approximate surface area is 156 Å². The molecule has 0 saturated carbocycles. The Morgan fingerprint density at radius 1 is 1.31 bits per heavy atom. The highest BCUT2D eigenvalue weighted by Crippen LogP contribution is 2.47. The Morgan fingerprint density at radius 2 is 2.04 bits per heavy atom. The fourth-order valence-corrected chi connectivity index (χ4v) is 5.13. The lowest BCUT2D eigenvalue weighted by molar-refractivity contribution is -0.135. The molecule has 1 aromatic heterocycles. The zero-order valence-electron chi connectivity index (χ0n) is 15.2. The molecule has 2 unspecified atom stereocenters. The van der Waals surface area contributed by atoms with Gasteiger partial charge in [0.25, 0.3) is 0 Å². The predicted molar refractivity (Wildman–Crippen MR) is 102 cm³/mol. The number of nitrogens with zero attached hydrogens (tertiary/aromatic N) is 3. The van der Waals surface area contributed by atoms with Gasteiger partial charge in [-0.3, -0.25) is 9.59 Å². The fourth-order valence-electron chi connectivity index (χ4n) is 3.70. The van der Waals surface area contributed by atoms with Crippen LogP contribution >= 0.6 is 11.8 Å². The van der Waals surface area contributed by atoms with E-state index in [9.17, 15) is 9.59 Å². The van der Waals surface area contributed by atoms with Crippen LogP contribution in [-0.2, 0) is 9.59 Å². The van der Waals surface area contributed by atoms with Gasteiger partial charge in [-0.2, -0.15) is 5.10 Å². The van der Waals surface area contributed by atoms with Crippen LogP contribution in [0, 0.1) is 13.8 Å². The standard InChI is InChI=1S/C19H22N4O2S/c1-12-4-6-14(7-5-12)23-16(10-13(2)21-23)20-18(25)15-11-26-19(3)9-8-17(24)22(15)19/h4-7,10,15H,8-9,11H2,1-3H3,(H,20,25). The first-order valence-electron chi connectivity index (χ1n) is 8.78. The van der Waals surface area contributed by atoms with Crippen LogP contribution in [0.3, 0.4) is 0 Å². The van der Waals surface area contributed by atoms with Crippen LogP contribution in [-0.4, -0.2) is 43.2 Å². The number of hydrogen-bond acceptors (Lipinski definition) is 4. The maximum absolute atomic E-state index is 12.9. The van der Waals surface area contributed by atoms with Gasteiger partial charge in [0.15, 0.2) is 0 Å². The van der Waals surface area contributed by atoms with Crippen LogP contribution in [0.4, 0.5) is 5.82 Å². The van der Waals surface area contributed by atoms with Crippen molar-refractivity contribution >= 4 is 29.4 Å². The molecule has 0 bridgehead atoms. The van der Waals surface area contributed by atoms with Gasteiger partial charge in [-0.05, 0) is 39.3 Å². The second-order valence-electron chi connectivity index (χ2n) is 7.17. The highest BCUT2D eigenvalue weighted by Gasteiger charge is 2.52. The average molecular weight is 370 g/mol. The average Bonchev–Trinajstić information content (AvgIpc) is 3.22. The molecule has 0 aliphatic carbocycles. The van der Waals surface area contributed by atoms with Gasteiger partial charge >= 0.3 is 0 Å². The van der Waals surface area contributed by atoms with Crippen molar-refractivity contribution in [1.29, 1.82) is 0 Å². The van der Waals surface area contributed by atoms with E-state index in [2.05, 4.69) is 17.3 Å². The topological polar surface area (TPSA) is 67.2 Å². The summed E-state index contributed by atoms with van der Waals surface area (Å²) < 4.78 is 1.74. The number of rotatable bonds is 3. The first kappa shape index (κ1) is 17.1. The molecule has 2 amide bonds. The summed E-state index contributed by atoms with van der Waals surface area (Å²) in [5.74, 6) is 1.18. The third-order valence-electron chi connectivity index (χ3n) is 5.11. The number of fused-ring (bicyclic) bond motifs is 1. The lowest BCUT2D eigenvalue weighted by Crippen LogP contribution is -2.48. The zero-order valence-corrected chi connectivity index (χ0v) is 16.0. The Balaban J connectivity index is 1.59. The molecule has 2 atom stereocenters. The number of aryl methyl sites for hydroxylation is 2. The lowest BCUT2D eigenvalue weighted by Gasteiger charge is -2.29. The third kappa shape index (κ3) is 2.80. The monoisotopic (exact) mass is 370 g/mol. The Morgan fingerprint density at radius 3 is 2.77 bits per heavy atom. The van der Waals surface area contributed by atoms with E-state index in [4.69, 9.17) is 0 Å². The minimum absolute atomic E-state index is 0.0703. The van der Waals surface area contributed by atoms with Crippen LogP contribution in [0.5, 0.6) is 0 Å². The van der Waals surface area contributed by atoms with E-state index in [-0.39, 0.29) is 16.7 Å². The van der Waals surface area contributed by atoms with Crippen molar-refractivity contribution in [2.75, 3.05) is 11.1 Å². The van der Waals surface area contributed by atoms with Gasteiger partial charge in [0.2, 0.25) is 11.8 Å². The SMILES string of the molecule is Cc1ccc(-n2nc(C)cc2NC(=O)C2CSC3(C)CCC(=O)N23)cc1. The number of hydrogen-bond donors (Lipinski definition) is 1. The largest absolute Gasteiger partial charge is 0.315 e. The Bertz CT molecular complexity index is 876. The van der Waals surface area contributed by atoms with E-state index in [0.717, 1.165) is 23.4 Å². The summed E-state index contributed by atoms with van der Waals surface area (Å²) in [4.78, 5) is 26.7. The van der Waals surface area contributed by atoms with E-state index < -0.39 is 6.04 Å². The van der Waals surface area contributed by atoms with Gasteiger partial charge in [-0.25, -0.2) is 4.68 Å². The fraction of sp³-hybridized carbons (Fsp3) is 0.421. The van der Waals surface area contributed by atoms with E-state index >= 15 is 0 Å². The van der Waals surface area contributed by atoms with Crippen molar-refractivity contribution in [3.63, 3.8) is 0 Å². The first-order valence-corrected chi connectivity index (χ1v) is 9.77. The summed E-state index contributed by atoms with van der Waals surface area (Å²) in [5.41, 5.74) is 2.88. The highest BCUT2D eigenvalue weighted by atomic mass is 32.2. The first-order chi connectivity index (χ1) is 12.4. The molecule has 0 radical (unpaired) electrons. The molecule has 2 aliphatic heterocycles. The minimum atomic E-state index is -0.429. The van der Waals surface area contributed by atoms with Crippen molar-refractivity contribution in [1.82, 2.24) is 14.7 Å². The van der Waals surface area contributed by atoms with Crippen LogP contribution in [0.2, 0.25) is 0 Å². The van der Waals surface area contributed by atoms with Gasteiger partial charge in [-0.15, -0.1) is 11.8 Å². The number of amides is 2. The molecule has 26 heavy (non-hydrogen) atoms. The van der Waals surface area contributed by atoms with Crippen LogP contribution in [0.1, 0.15) is 31.0 Å². The number of benzene rings is 1. The number of carbonyl (C=O) groups is 2. The number of nitrogens with one attached hydrogen (secondary N) is 1. The number of carbonyl (C=O) groups excluding carboxylic acids is 2. The van der Waals surface area contributed by atoms with E-state index in [1.54, 1.807) is 21.3 Å². The summed E-state index contributed by atoms with van der Waals surface area (Å²) in [5, 5.41) is 7.49. The van der Waals surface area contributed by atoms with Gasteiger partial charge in [0, 0.05) is 18.2 Å². The molecule has 7 heteroatoms. The highest BCUT2D eigenvalue weighted by molar-refractivity contribution is 8.01. The summed E-state index contributed by atoms with van der Waals surface area (Å²) in [6.45, 7) is 5.98. The number of aromatic nitrogens is 2. The van der Waals surface area contributed by atoms with Crippen molar-refractivity contribution in [2.24, 2.45) is 0 Å². The summed E-state index contributed by atoms with van der Waals surface area (Å²) in [6.07, 6.45) is 1.33. The quantitative estimate of drug-likeness (QED) is 0.902. The Hall–Kier alpha value is -2.28. The van der Waals surface area contributed by atoms with Gasteiger partial charge in [0.05, 0.1) is 16.3 Å². The number of thioether (sulfide) groups is 1. The van der Waals surface area contributed by atoms with E-state index in [0.29, 0.717) is 18.0 Å². The molecule has 6 nitrogen and oxygen atoms in total. The molecular weight excluding hydrogens is 348 g/mol. The van der Waals surface area contributed by atoms with E-state index in [1.165, 1.54) is 0 Å². The molecule has 0 spiro atoms. The lowest BCUT2D eigenvalue weighted by atomic mass is 10.2. The molecule has 2 saturated heterocycles.